The van der Waals surface area contributed by atoms with Crippen LogP contribution >= 0.6 is 22.7 Å². The van der Waals surface area contributed by atoms with Crippen molar-refractivity contribution in [2.75, 3.05) is 0 Å². The van der Waals surface area contributed by atoms with E-state index in [2.05, 4.69) is 156 Å². The minimum Gasteiger partial charge on any atom is -0.308 e. The van der Waals surface area contributed by atoms with Gasteiger partial charge in [0.1, 0.15) is 0 Å². The zero-order valence-corrected chi connectivity index (χ0v) is 25.8. The highest BCUT2D eigenvalue weighted by atomic mass is 32.1. The number of aromatic nitrogens is 1. The average molecular weight is 608 g/mol. The standard InChI is InChI=1S/C42H25NS2/c1-2-10-26(11-3-1)27-20-22-31-30-12-4-6-16-35(30)43(37(31)25-27)36-17-8-15-32-34-24-28(21-23-39(34)45-42(32)36)29-14-9-19-40-41(29)33-13-5-7-18-38(33)44-40/h1-25H. The molecule has 0 saturated heterocycles. The summed E-state index contributed by atoms with van der Waals surface area (Å²) in [6.45, 7) is 0. The maximum Gasteiger partial charge on any atom is 0.0640 e. The molecule has 0 aliphatic heterocycles. The molecular weight excluding hydrogens is 583 g/mol. The second kappa shape index (κ2) is 9.64. The van der Waals surface area contributed by atoms with E-state index in [0.717, 1.165) is 0 Å². The van der Waals surface area contributed by atoms with E-state index >= 15 is 0 Å². The van der Waals surface area contributed by atoms with Gasteiger partial charge in [-0.3, -0.25) is 0 Å². The van der Waals surface area contributed by atoms with Crippen molar-refractivity contribution in [3.8, 4) is 27.9 Å². The largest absolute Gasteiger partial charge is 0.308 e. The van der Waals surface area contributed by atoms with Crippen molar-refractivity contribution in [1.29, 1.82) is 0 Å². The first-order valence-corrected chi connectivity index (χ1v) is 16.9. The lowest BCUT2D eigenvalue weighted by Crippen LogP contribution is -1.94. The summed E-state index contributed by atoms with van der Waals surface area (Å²) < 4.78 is 7.79. The Kier molecular flexibility index (Phi) is 5.39. The lowest BCUT2D eigenvalue weighted by Gasteiger charge is -2.10. The molecule has 0 spiro atoms. The van der Waals surface area contributed by atoms with Crippen LogP contribution in [0.5, 0.6) is 0 Å². The molecule has 0 saturated carbocycles. The first-order valence-electron chi connectivity index (χ1n) is 15.3. The van der Waals surface area contributed by atoms with Crippen LogP contribution in [0.2, 0.25) is 0 Å². The van der Waals surface area contributed by atoms with Crippen LogP contribution in [0.4, 0.5) is 0 Å². The number of hydrogen-bond acceptors (Lipinski definition) is 2. The molecule has 0 atom stereocenters. The quantitative estimate of drug-likeness (QED) is 0.188. The fourth-order valence-corrected chi connectivity index (χ4v) is 9.50. The summed E-state index contributed by atoms with van der Waals surface area (Å²) in [5, 5.41) is 7.88. The van der Waals surface area contributed by atoms with Crippen LogP contribution in [0.25, 0.3) is 90.1 Å². The van der Waals surface area contributed by atoms with Gasteiger partial charge in [0.25, 0.3) is 0 Å². The van der Waals surface area contributed by atoms with Gasteiger partial charge in [-0.15, -0.1) is 22.7 Å². The van der Waals surface area contributed by atoms with Crippen molar-refractivity contribution in [1.82, 2.24) is 4.57 Å². The maximum absolute atomic E-state index is 2.48. The minimum atomic E-state index is 1.23. The van der Waals surface area contributed by atoms with Gasteiger partial charge in [-0.05, 0) is 64.7 Å². The van der Waals surface area contributed by atoms with Crippen LogP contribution in [0.15, 0.2) is 152 Å². The molecule has 3 aromatic heterocycles. The SMILES string of the molecule is c1ccc(-c2ccc3c4ccccc4n(-c4cccc5c4sc4ccc(-c6cccc7sc8ccccc8c67)cc45)c3c2)cc1. The van der Waals surface area contributed by atoms with Gasteiger partial charge < -0.3 is 4.57 Å². The Labute approximate surface area is 267 Å². The van der Waals surface area contributed by atoms with E-state index < -0.39 is 0 Å². The predicted octanol–water partition coefficient (Wildman–Crippen LogP) is 12.9. The fourth-order valence-electron chi connectivity index (χ4n) is 7.18. The number of nitrogens with zero attached hydrogens (tertiary/aromatic N) is 1. The van der Waals surface area contributed by atoms with E-state index in [-0.39, 0.29) is 0 Å². The van der Waals surface area contributed by atoms with Crippen LogP contribution in [0.3, 0.4) is 0 Å². The van der Waals surface area contributed by atoms with Gasteiger partial charge >= 0.3 is 0 Å². The lowest BCUT2D eigenvalue weighted by atomic mass is 9.98. The Hall–Kier alpha value is -5.22. The summed E-state index contributed by atoms with van der Waals surface area (Å²) in [6.07, 6.45) is 0. The van der Waals surface area contributed by atoms with Gasteiger partial charge in [0, 0.05) is 46.4 Å². The summed E-state index contributed by atoms with van der Waals surface area (Å²) in [5.41, 5.74) is 8.74. The smallest absolute Gasteiger partial charge is 0.0640 e. The van der Waals surface area contributed by atoms with E-state index in [0.29, 0.717) is 0 Å². The molecule has 45 heavy (non-hydrogen) atoms. The molecular formula is C42H25NS2. The highest BCUT2D eigenvalue weighted by molar-refractivity contribution is 7.26. The molecule has 0 fully saturated rings. The van der Waals surface area contributed by atoms with Gasteiger partial charge in [-0.25, -0.2) is 0 Å². The Morgan fingerprint density at radius 3 is 2.02 bits per heavy atom. The molecule has 0 N–H and O–H groups in total. The van der Waals surface area contributed by atoms with Crippen LogP contribution in [0, 0.1) is 0 Å². The third-order valence-corrected chi connectivity index (χ3v) is 11.6. The molecule has 3 heterocycles. The summed E-state index contributed by atoms with van der Waals surface area (Å²) in [4.78, 5) is 0. The molecule has 0 aliphatic carbocycles. The van der Waals surface area contributed by atoms with Gasteiger partial charge in [0.2, 0.25) is 0 Å². The molecule has 0 radical (unpaired) electrons. The highest BCUT2D eigenvalue weighted by Gasteiger charge is 2.18. The van der Waals surface area contributed by atoms with Crippen LogP contribution < -0.4 is 0 Å². The number of rotatable bonds is 3. The highest BCUT2D eigenvalue weighted by Crippen LogP contribution is 2.44. The van der Waals surface area contributed by atoms with E-state index in [1.807, 2.05) is 22.7 Å². The van der Waals surface area contributed by atoms with Gasteiger partial charge in [0.15, 0.2) is 0 Å². The van der Waals surface area contributed by atoms with Crippen molar-refractivity contribution >= 4 is 84.8 Å². The van der Waals surface area contributed by atoms with Crippen LogP contribution in [-0.2, 0) is 0 Å². The number of para-hydroxylation sites is 1. The van der Waals surface area contributed by atoms with Gasteiger partial charge in [0.05, 0.1) is 21.4 Å². The van der Waals surface area contributed by atoms with Crippen molar-refractivity contribution in [2.24, 2.45) is 0 Å². The normalized spacial score (nSPS) is 12.0. The topological polar surface area (TPSA) is 4.93 Å². The molecule has 1 nitrogen and oxygen atoms in total. The molecule has 0 aliphatic rings. The Morgan fingerprint density at radius 2 is 1.09 bits per heavy atom. The summed E-state index contributed by atoms with van der Waals surface area (Å²) in [5.74, 6) is 0. The fraction of sp³-hybridized carbons (Fsp3) is 0. The van der Waals surface area contributed by atoms with Crippen molar-refractivity contribution in [2.45, 2.75) is 0 Å². The Bertz CT molecular complexity index is 2760. The predicted molar refractivity (Wildman–Crippen MR) is 197 cm³/mol. The van der Waals surface area contributed by atoms with E-state index in [4.69, 9.17) is 0 Å². The first-order chi connectivity index (χ1) is 22.3. The number of hydrogen-bond donors (Lipinski definition) is 0. The van der Waals surface area contributed by atoms with Crippen molar-refractivity contribution in [3.05, 3.63) is 152 Å². The number of thiophene rings is 2. The van der Waals surface area contributed by atoms with E-state index in [9.17, 15) is 0 Å². The van der Waals surface area contributed by atoms with Crippen molar-refractivity contribution in [3.63, 3.8) is 0 Å². The molecule has 10 rings (SSSR count). The van der Waals surface area contributed by atoms with E-state index in [1.54, 1.807) is 0 Å². The Balaban J connectivity index is 1.22. The molecule has 7 aromatic carbocycles. The molecule has 0 bridgehead atoms. The average Bonchev–Trinajstić information content (AvgIpc) is 3.77. The zero-order valence-electron chi connectivity index (χ0n) is 24.2. The molecule has 0 unspecified atom stereocenters. The Morgan fingerprint density at radius 1 is 0.378 bits per heavy atom. The molecule has 210 valence electrons. The van der Waals surface area contributed by atoms with Gasteiger partial charge in [-0.2, -0.15) is 0 Å². The second-order valence-electron chi connectivity index (χ2n) is 11.7. The summed E-state index contributed by atoms with van der Waals surface area (Å²) in [6, 6.07) is 55.8. The molecule has 3 heteroatoms. The molecule has 10 aromatic rings. The van der Waals surface area contributed by atoms with Crippen LogP contribution in [0.1, 0.15) is 0 Å². The maximum atomic E-state index is 2.48. The lowest BCUT2D eigenvalue weighted by molar-refractivity contribution is 1.20. The summed E-state index contributed by atoms with van der Waals surface area (Å²) >= 11 is 3.78. The monoisotopic (exact) mass is 607 g/mol. The van der Waals surface area contributed by atoms with Gasteiger partial charge in [-0.1, -0.05) is 109 Å². The minimum absolute atomic E-state index is 1.23. The van der Waals surface area contributed by atoms with Crippen LogP contribution in [-0.4, -0.2) is 4.57 Å². The first kappa shape index (κ1) is 25.1. The van der Waals surface area contributed by atoms with Crippen molar-refractivity contribution < 1.29 is 0 Å². The number of benzene rings is 7. The summed E-state index contributed by atoms with van der Waals surface area (Å²) in [7, 11) is 0. The second-order valence-corrected chi connectivity index (χ2v) is 13.8. The van der Waals surface area contributed by atoms with E-state index in [1.165, 1.54) is 90.1 Å². The number of fused-ring (bicyclic) bond motifs is 9. The molecule has 0 amide bonds. The third kappa shape index (κ3) is 3.72. The third-order valence-electron chi connectivity index (χ3n) is 9.21. The zero-order chi connectivity index (χ0) is 29.5.